The SMILES string of the molecule is CC(NCCCS(C)=O)C(=O)OC(C)(C)C. The Labute approximate surface area is 101 Å². The van der Waals surface area contributed by atoms with Gasteiger partial charge in [0.25, 0.3) is 0 Å². The van der Waals surface area contributed by atoms with Crippen LogP contribution in [0.15, 0.2) is 0 Å². The van der Waals surface area contributed by atoms with Crippen LogP contribution >= 0.6 is 0 Å². The maximum Gasteiger partial charge on any atom is 0.323 e. The Balaban J connectivity index is 3.76. The summed E-state index contributed by atoms with van der Waals surface area (Å²) in [6, 6.07) is -0.315. The fraction of sp³-hybridized carbons (Fsp3) is 0.909. The zero-order valence-electron chi connectivity index (χ0n) is 10.8. The molecular weight excluding hydrogens is 226 g/mol. The van der Waals surface area contributed by atoms with Gasteiger partial charge in [-0.1, -0.05) is 0 Å². The van der Waals surface area contributed by atoms with Crippen molar-refractivity contribution in [3.63, 3.8) is 0 Å². The average molecular weight is 249 g/mol. The molecule has 0 saturated heterocycles. The average Bonchev–Trinajstić information content (AvgIpc) is 2.08. The van der Waals surface area contributed by atoms with E-state index in [-0.39, 0.29) is 12.0 Å². The van der Waals surface area contributed by atoms with Gasteiger partial charge >= 0.3 is 5.97 Å². The highest BCUT2D eigenvalue weighted by atomic mass is 32.2. The minimum absolute atomic E-state index is 0.245. The van der Waals surface area contributed by atoms with Crippen LogP contribution in [0.1, 0.15) is 34.1 Å². The third-order valence-electron chi connectivity index (χ3n) is 1.82. The minimum atomic E-state index is -0.763. The first-order valence-corrected chi connectivity index (χ1v) is 7.21. The van der Waals surface area contributed by atoms with Crippen molar-refractivity contribution < 1.29 is 13.7 Å². The highest BCUT2D eigenvalue weighted by Crippen LogP contribution is 2.08. The normalized spacial score (nSPS) is 15.6. The molecular formula is C11H23NO3S. The van der Waals surface area contributed by atoms with Crippen molar-refractivity contribution in [2.45, 2.75) is 45.8 Å². The maximum absolute atomic E-state index is 11.5. The summed E-state index contributed by atoms with van der Waals surface area (Å²) in [6.07, 6.45) is 2.48. The summed E-state index contributed by atoms with van der Waals surface area (Å²) in [6.45, 7) is 7.99. The lowest BCUT2D eigenvalue weighted by atomic mass is 10.2. The van der Waals surface area contributed by atoms with Crippen molar-refractivity contribution in [1.29, 1.82) is 0 Å². The van der Waals surface area contributed by atoms with Gasteiger partial charge in [-0.3, -0.25) is 9.00 Å². The zero-order chi connectivity index (χ0) is 12.8. The molecule has 0 saturated carbocycles. The molecule has 0 heterocycles. The van der Waals surface area contributed by atoms with Crippen molar-refractivity contribution >= 4 is 16.8 Å². The van der Waals surface area contributed by atoms with Crippen molar-refractivity contribution in [3.8, 4) is 0 Å². The molecule has 16 heavy (non-hydrogen) atoms. The first kappa shape index (κ1) is 15.6. The van der Waals surface area contributed by atoms with E-state index >= 15 is 0 Å². The van der Waals surface area contributed by atoms with Crippen LogP contribution in [0.5, 0.6) is 0 Å². The van der Waals surface area contributed by atoms with Crippen LogP contribution in [-0.2, 0) is 20.3 Å². The van der Waals surface area contributed by atoms with Gasteiger partial charge in [-0.05, 0) is 40.7 Å². The van der Waals surface area contributed by atoms with Crippen LogP contribution in [0.4, 0.5) is 0 Å². The van der Waals surface area contributed by atoms with E-state index in [0.717, 1.165) is 6.42 Å². The van der Waals surface area contributed by atoms with Crippen LogP contribution in [0, 0.1) is 0 Å². The summed E-state index contributed by atoms with van der Waals surface area (Å²) in [5.74, 6) is 0.415. The summed E-state index contributed by atoms with van der Waals surface area (Å²) in [4.78, 5) is 11.5. The Bertz CT molecular complexity index is 248. The minimum Gasteiger partial charge on any atom is -0.459 e. The Morgan fingerprint density at radius 1 is 1.44 bits per heavy atom. The number of esters is 1. The van der Waals surface area contributed by atoms with E-state index in [2.05, 4.69) is 5.32 Å². The molecule has 0 aromatic rings. The third-order valence-corrected chi connectivity index (χ3v) is 2.68. The van der Waals surface area contributed by atoms with Gasteiger partial charge in [0.1, 0.15) is 11.6 Å². The molecule has 0 aliphatic carbocycles. The first-order valence-electron chi connectivity index (χ1n) is 5.48. The fourth-order valence-electron chi connectivity index (χ4n) is 1.07. The standard InChI is InChI=1S/C11H23NO3S/c1-9(10(13)15-11(2,3)4)12-7-6-8-16(5)14/h9,12H,6-8H2,1-5H3. The van der Waals surface area contributed by atoms with Crippen molar-refractivity contribution in [2.24, 2.45) is 0 Å². The van der Waals surface area contributed by atoms with Gasteiger partial charge in [-0.25, -0.2) is 0 Å². The second-order valence-electron chi connectivity index (χ2n) is 4.84. The molecule has 1 N–H and O–H groups in total. The first-order chi connectivity index (χ1) is 7.22. The van der Waals surface area contributed by atoms with Crippen LogP contribution in [0.3, 0.4) is 0 Å². The molecule has 0 spiro atoms. The maximum atomic E-state index is 11.5. The van der Waals surface area contributed by atoms with Crippen molar-refractivity contribution in [1.82, 2.24) is 5.32 Å². The molecule has 0 amide bonds. The van der Waals surface area contributed by atoms with Gasteiger partial charge < -0.3 is 10.1 Å². The number of hydrogen-bond acceptors (Lipinski definition) is 4. The number of carbonyl (C=O) groups excluding carboxylic acids is 1. The Kier molecular flexibility index (Phi) is 6.83. The number of hydrogen-bond donors (Lipinski definition) is 1. The lowest BCUT2D eigenvalue weighted by Crippen LogP contribution is -2.39. The van der Waals surface area contributed by atoms with E-state index < -0.39 is 16.4 Å². The summed E-state index contributed by atoms with van der Waals surface area (Å²) in [5, 5.41) is 3.05. The summed E-state index contributed by atoms with van der Waals surface area (Å²) in [7, 11) is -0.763. The summed E-state index contributed by atoms with van der Waals surface area (Å²) in [5.41, 5.74) is -0.446. The second kappa shape index (κ2) is 7.01. The molecule has 0 fully saturated rings. The molecule has 4 nitrogen and oxygen atoms in total. The summed E-state index contributed by atoms with van der Waals surface area (Å²) < 4.78 is 16.0. The van der Waals surface area contributed by atoms with Gasteiger partial charge in [0, 0.05) is 22.8 Å². The highest BCUT2D eigenvalue weighted by Gasteiger charge is 2.20. The van der Waals surface area contributed by atoms with E-state index in [0.29, 0.717) is 12.3 Å². The van der Waals surface area contributed by atoms with Crippen LogP contribution < -0.4 is 5.32 Å². The fourth-order valence-corrected chi connectivity index (χ4v) is 1.62. The summed E-state index contributed by atoms with van der Waals surface area (Å²) >= 11 is 0. The Morgan fingerprint density at radius 2 is 2.00 bits per heavy atom. The predicted molar refractivity (Wildman–Crippen MR) is 66.9 cm³/mol. The molecule has 0 bridgehead atoms. The van der Waals surface area contributed by atoms with Gasteiger partial charge in [0.15, 0.2) is 0 Å². The van der Waals surface area contributed by atoms with Crippen molar-refractivity contribution in [3.05, 3.63) is 0 Å². The smallest absolute Gasteiger partial charge is 0.323 e. The number of ether oxygens (including phenoxy) is 1. The molecule has 96 valence electrons. The molecule has 5 heteroatoms. The topological polar surface area (TPSA) is 55.4 Å². The lowest BCUT2D eigenvalue weighted by molar-refractivity contribution is -0.156. The van der Waals surface area contributed by atoms with Gasteiger partial charge in [-0.2, -0.15) is 0 Å². The van der Waals surface area contributed by atoms with Gasteiger partial charge in [0.05, 0.1) is 0 Å². The molecule has 0 aromatic carbocycles. The van der Waals surface area contributed by atoms with E-state index in [1.807, 2.05) is 20.8 Å². The van der Waals surface area contributed by atoms with Crippen LogP contribution in [-0.4, -0.2) is 40.4 Å². The van der Waals surface area contributed by atoms with Gasteiger partial charge in [0.2, 0.25) is 0 Å². The molecule has 0 rings (SSSR count). The van der Waals surface area contributed by atoms with Crippen molar-refractivity contribution in [2.75, 3.05) is 18.6 Å². The molecule has 0 aromatic heterocycles. The van der Waals surface area contributed by atoms with E-state index in [9.17, 15) is 9.00 Å². The number of carbonyl (C=O) groups is 1. The molecule has 2 unspecified atom stereocenters. The number of rotatable bonds is 6. The largest absolute Gasteiger partial charge is 0.459 e. The van der Waals surface area contributed by atoms with Crippen LogP contribution in [0.2, 0.25) is 0 Å². The highest BCUT2D eigenvalue weighted by molar-refractivity contribution is 7.84. The molecule has 2 atom stereocenters. The zero-order valence-corrected chi connectivity index (χ0v) is 11.6. The second-order valence-corrected chi connectivity index (χ2v) is 6.39. The van der Waals surface area contributed by atoms with E-state index in [4.69, 9.17) is 4.74 Å². The molecule has 0 aliphatic rings. The monoisotopic (exact) mass is 249 g/mol. The number of nitrogens with one attached hydrogen (secondary N) is 1. The van der Waals surface area contributed by atoms with E-state index in [1.54, 1.807) is 13.2 Å². The molecule has 0 radical (unpaired) electrons. The Hall–Kier alpha value is -0.420. The van der Waals surface area contributed by atoms with E-state index in [1.165, 1.54) is 0 Å². The van der Waals surface area contributed by atoms with Gasteiger partial charge in [-0.15, -0.1) is 0 Å². The predicted octanol–water partition coefficient (Wildman–Crippen LogP) is 1.07. The molecule has 0 aliphatic heterocycles. The lowest BCUT2D eigenvalue weighted by Gasteiger charge is -2.22. The Morgan fingerprint density at radius 3 is 2.44 bits per heavy atom. The third kappa shape index (κ3) is 8.85. The van der Waals surface area contributed by atoms with Crippen LogP contribution in [0.25, 0.3) is 0 Å². The quantitative estimate of drug-likeness (QED) is 0.565.